The lowest BCUT2D eigenvalue weighted by molar-refractivity contribution is 0.343. The van der Waals surface area contributed by atoms with Gasteiger partial charge in [0.15, 0.2) is 0 Å². The Balaban J connectivity index is 1.95. The van der Waals surface area contributed by atoms with Gasteiger partial charge in [-0.1, -0.05) is 17.7 Å². The van der Waals surface area contributed by atoms with Crippen LogP contribution in [0.25, 0.3) is 33.1 Å². The zero-order valence-electron chi connectivity index (χ0n) is 16.9. The highest BCUT2D eigenvalue weighted by molar-refractivity contribution is 6.31. The van der Waals surface area contributed by atoms with E-state index < -0.39 is 0 Å². The molecule has 0 spiro atoms. The standard InChI is InChI=1S/C24H26ClN3O/c1-3-29-22-12-10-18(19-9-7-15(2)27-24(19)22)23-17(6-4-5-13-26)20-14-16(25)8-11-21(20)28-23/h7-12,14,28H,3-6,13,26H2,1-2H3. The number of nitrogens with zero attached hydrogens (tertiary/aromatic N) is 1. The largest absolute Gasteiger partial charge is 0.492 e. The topological polar surface area (TPSA) is 63.9 Å². The van der Waals surface area contributed by atoms with Crippen LogP contribution in [0.2, 0.25) is 5.02 Å². The predicted octanol–water partition coefficient (Wildman–Crippen LogP) is 6.03. The van der Waals surface area contributed by atoms with Crippen LogP contribution in [0, 0.1) is 6.92 Å². The molecule has 0 saturated carbocycles. The molecular formula is C24H26ClN3O. The van der Waals surface area contributed by atoms with Crippen LogP contribution in [0.15, 0.2) is 42.5 Å². The number of unbranched alkanes of at least 4 members (excludes halogenated alkanes) is 1. The fourth-order valence-corrected chi connectivity index (χ4v) is 4.11. The van der Waals surface area contributed by atoms with Gasteiger partial charge >= 0.3 is 0 Å². The van der Waals surface area contributed by atoms with E-state index in [4.69, 9.17) is 27.1 Å². The van der Waals surface area contributed by atoms with E-state index in [1.807, 2.05) is 38.1 Å². The lowest BCUT2D eigenvalue weighted by Gasteiger charge is -2.12. The molecule has 0 fully saturated rings. The van der Waals surface area contributed by atoms with E-state index in [1.165, 1.54) is 10.9 Å². The van der Waals surface area contributed by atoms with Crippen LogP contribution >= 0.6 is 11.6 Å². The normalized spacial score (nSPS) is 11.4. The average Bonchev–Trinajstić information content (AvgIpc) is 3.06. The number of ether oxygens (including phenoxy) is 1. The third kappa shape index (κ3) is 3.83. The second-order valence-corrected chi connectivity index (χ2v) is 7.74. The molecule has 29 heavy (non-hydrogen) atoms. The number of H-pyrrole nitrogens is 1. The molecule has 0 amide bonds. The van der Waals surface area contributed by atoms with Gasteiger partial charge in [0.25, 0.3) is 0 Å². The molecular weight excluding hydrogens is 382 g/mol. The van der Waals surface area contributed by atoms with Crippen molar-refractivity contribution in [1.29, 1.82) is 0 Å². The van der Waals surface area contributed by atoms with Crippen LogP contribution in [-0.2, 0) is 6.42 Å². The van der Waals surface area contributed by atoms with Gasteiger partial charge in [-0.05, 0) is 81.6 Å². The van der Waals surface area contributed by atoms with Crippen LogP contribution in [0.3, 0.4) is 0 Å². The zero-order chi connectivity index (χ0) is 20.4. The summed E-state index contributed by atoms with van der Waals surface area (Å²) in [4.78, 5) is 8.41. The van der Waals surface area contributed by atoms with Crippen molar-refractivity contribution in [3.05, 3.63) is 58.7 Å². The van der Waals surface area contributed by atoms with E-state index in [-0.39, 0.29) is 0 Å². The van der Waals surface area contributed by atoms with Gasteiger partial charge in [0.1, 0.15) is 11.3 Å². The first-order chi connectivity index (χ1) is 14.1. The Labute approximate surface area is 176 Å². The van der Waals surface area contributed by atoms with Crippen molar-refractivity contribution in [3.63, 3.8) is 0 Å². The van der Waals surface area contributed by atoms with Gasteiger partial charge in [0.2, 0.25) is 0 Å². The smallest absolute Gasteiger partial charge is 0.145 e. The summed E-state index contributed by atoms with van der Waals surface area (Å²) in [7, 11) is 0. The quantitative estimate of drug-likeness (QED) is 0.368. The van der Waals surface area contributed by atoms with Crippen LogP contribution in [0.4, 0.5) is 0 Å². The van der Waals surface area contributed by atoms with Gasteiger partial charge < -0.3 is 15.5 Å². The van der Waals surface area contributed by atoms with E-state index in [1.54, 1.807) is 0 Å². The molecule has 2 aromatic carbocycles. The number of hydrogen-bond acceptors (Lipinski definition) is 3. The van der Waals surface area contributed by atoms with Crippen LogP contribution in [0.1, 0.15) is 31.0 Å². The number of rotatable bonds is 7. The summed E-state index contributed by atoms with van der Waals surface area (Å²) in [6.07, 6.45) is 2.98. The maximum Gasteiger partial charge on any atom is 0.145 e. The molecule has 5 heteroatoms. The summed E-state index contributed by atoms with van der Waals surface area (Å²) in [5.74, 6) is 0.818. The van der Waals surface area contributed by atoms with Crippen molar-refractivity contribution in [3.8, 4) is 17.0 Å². The molecule has 4 rings (SSSR count). The maximum absolute atomic E-state index is 6.31. The number of nitrogens with two attached hydrogens (primary N) is 1. The molecule has 0 aliphatic rings. The summed E-state index contributed by atoms with van der Waals surface area (Å²) in [6.45, 7) is 5.31. The van der Waals surface area contributed by atoms with Crippen molar-refractivity contribution < 1.29 is 4.74 Å². The molecule has 2 aromatic heterocycles. The van der Waals surface area contributed by atoms with E-state index in [0.717, 1.165) is 63.4 Å². The highest BCUT2D eigenvalue weighted by Gasteiger charge is 2.17. The number of pyridine rings is 1. The first-order valence-electron chi connectivity index (χ1n) is 10.2. The maximum atomic E-state index is 6.31. The predicted molar refractivity (Wildman–Crippen MR) is 122 cm³/mol. The number of aryl methyl sites for hydroxylation is 2. The Kier molecular flexibility index (Phi) is 5.74. The van der Waals surface area contributed by atoms with E-state index in [2.05, 4.69) is 23.2 Å². The van der Waals surface area contributed by atoms with Crippen molar-refractivity contribution in [2.24, 2.45) is 5.73 Å². The number of halogens is 1. The minimum atomic E-state index is 0.610. The van der Waals surface area contributed by atoms with Crippen LogP contribution < -0.4 is 10.5 Å². The minimum Gasteiger partial charge on any atom is -0.492 e. The van der Waals surface area contributed by atoms with E-state index >= 15 is 0 Å². The molecule has 4 aromatic rings. The van der Waals surface area contributed by atoms with Gasteiger partial charge in [-0.2, -0.15) is 0 Å². The van der Waals surface area contributed by atoms with Gasteiger partial charge in [-0.3, -0.25) is 0 Å². The van der Waals surface area contributed by atoms with Crippen LogP contribution in [0.5, 0.6) is 5.75 Å². The average molecular weight is 408 g/mol. The molecule has 3 N–H and O–H groups in total. The third-order valence-electron chi connectivity index (χ3n) is 5.28. The Hall–Kier alpha value is -2.56. The fraction of sp³-hybridized carbons (Fsp3) is 0.292. The Morgan fingerprint density at radius 3 is 2.72 bits per heavy atom. The second-order valence-electron chi connectivity index (χ2n) is 7.31. The molecule has 0 bridgehead atoms. The molecule has 0 aliphatic carbocycles. The Morgan fingerprint density at radius 2 is 1.93 bits per heavy atom. The van der Waals surface area contributed by atoms with Crippen molar-refractivity contribution in [2.45, 2.75) is 33.1 Å². The lowest BCUT2D eigenvalue weighted by Crippen LogP contribution is -2.00. The molecule has 150 valence electrons. The molecule has 0 saturated heterocycles. The number of fused-ring (bicyclic) bond motifs is 2. The summed E-state index contributed by atoms with van der Waals surface area (Å²) in [5.41, 5.74) is 12.2. The van der Waals surface area contributed by atoms with E-state index in [9.17, 15) is 0 Å². The van der Waals surface area contributed by atoms with Crippen molar-refractivity contribution >= 4 is 33.4 Å². The Morgan fingerprint density at radius 1 is 1.07 bits per heavy atom. The minimum absolute atomic E-state index is 0.610. The monoisotopic (exact) mass is 407 g/mol. The summed E-state index contributed by atoms with van der Waals surface area (Å²) in [5, 5.41) is 3.00. The van der Waals surface area contributed by atoms with Gasteiger partial charge in [0, 0.05) is 32.6 Å². The lowest BCUT2D eigenvalue weighted by atomic mass is 9.97. The highest BCUT2D eigenvalue weighted by atomic mass is 35.5. The van der Waals surface area contributed by atoms with Gasteiger partial charge in [-0.15, -0.1) is 0 Å². The highest BCUT2D eigenvalue weighted by Crippen LogP contribution is 2.38. The van der Waals surface area contributed by atoms with Gasteiger partial charge in [-0.25, -0.2) is 4.98 Å². The molecule has 0 radical (unpaired) electrons. The number of hydrogen-bond donors (Lipinski definition) is 2. The SMILES string of the molecule is CCOc1ccc(-c2[nH]c3ccc(Cl)cc3c2CCCCN)c2ccc(C)nc12. The first kappa shape index (κ1) is 19.7. The summed E-state index contributed by atoms with van der Waals surface area (Å²) < 4.78 is 5.85. The molecule has 0 aliphatic heterocycles. The molecule has 2 heterocycles. The van der Waals surface area contributed by atoms with Gasteiger partial charge in [0.05, 0.1) is 12.3 Å². The fourth-order valence-electron chi connectivity index (χ4n) is 3.94. The molecule has 0 atom stereocenters. The van der Waals surface area contributed by atoms with E-state index in [0.29, 0.717) is 13.2 Å². The number of nitrogens with one attached hydrogen (secondary N) is 1. The second kappa shape index (κ2) is 8.44. The molecule has 4 nitrogen and oxygen atoms in total. The summed E-state index contributed by atoms with van der Waals surface area (Å²) in [6, 6.07) is 14.4. The summed E-state index contributed by atoms with van der Waals surface area (Å²) >= 11 is 6.31. The number of aromatic amines is 1. The van der Waals surface area contributed by atoms with Crippen molar-refractivity contribution in [2.75, 3.05) is 13.2 Å². The Bertz CT molecular complexity index is 1170. The molecule has 0 unspecified atom stereocenters. The zero-order valence-corrected chi connectivity index (χ0v) is 17.6. The van der Waals surface area contributed by atoms with Crippen molar-refractivity contribution in [1.82, 2.24) is 9.97 Å². The number of aromatic nitrogens is 2. The first-order valence-corrected chi connectivity index (χ1v) is 10.5. The third-order valence-corrected chi connectivity index (χ3v) is 5.51. The number of benzene rings is 2. The van der Waals surface area contributed by atoms with Crippen LogP contribution in [-0.4, -0.2) is 23.1 Å².